The van der Waals surface area contributed by atoms with E-state index < -0.39 is 41.7 Å². The maximum absolute atomic E-state index is 14.6. The van der Waals surface area contributed by atoms with Crippen LogP contribution in [-0.2, 0) is 6.54 Å². The minimum Gasteiger partial charge on any atom is -0.394 e. The molecule has 178 valence electrons. The van der Waals surface area contributed by atoms with E-state index in [9.17, 15) is 27.5 Å². The summed E-state index contributed by atoms with van der Waals surface area (Å²) < 4.78 is 56.2. The molecule has 4 rings (SSSR count). The third-order valence-corrected chi connectivity index (χ3v) is 5.79. The number of rotatable bonds is 9. The molecule has 2 unspecified atom stereocenters. The molecule has 7 nitrogen and oxygen atoms in total. The van der Waals surface area contributed by atoms with E-state index in [1.165, 1.54) is 24.4 Å². The Bertz CT molecular complexity index is 1280. The predicted octanol–water partition coefficient (Wildman–Crippen LogP) is 2.33. The highest BCUT2D eigenvalue weighted by Crippen LogP contribution is 2.51. The average molecular weight is 476 g/mol. The van der Waals surface area contributed by atoms with Gasteiger partial charge in [0, 0.05) is 36.5 Å². The van der Waals surface area contributed by atoms with E-state index in [1.54, 1.807) is 23.5 Å². The monoisotopic (exact) mass is 476 g/mol. The van der Waals surface area contributed by atoms with Crippen molar-refractivity contribution in [1.82, 2.24) is 9.55 Å². The van der Waals surface area contributed by atoms with E-state index in [0.29, 0.717) is 11.3 Å². The first-order valence-corrected chi connectivity index (χ1v) is 10.5. The van der Waals surface area contributed by atoms with Crippen molar-refractivity contribution in [1.29, 1.82) is 5.41 Å². The summed E-state index contributed by atoms with van der Waals surface area (Å²) in [5.74, 6) is -5.17. The van der Waals surface area contributed by atoms with Crippen molar-refractivity contribution in [2.24, 2.45) is 5.92 Å². The SMILES string of the molecule is N=Cc1c([NH2+]Cc2ccccc2F)ccn(-c2cc(NC(CO)C3CC3(F)F)ncc2F)c1=O. The molecule has 0 spiro atoms. The van der Waals surface area contributed by atoms with Gasteiger partial charge in [-0.05, 0) is 6.07 Å². The molecule has 1 aromatic carbocycles. The van der Waals surface area contributed by atoms with E-state index in [-0.39, 0.29) is 30.0 Å². The molecule has 1 fully saturated rings. The topological polar surface area (TPSA) is 108 Å². The number of nitrogens with two attached hydrogens (primary N) is 1. The Kier molecular flexibility index (Phi) is 6.49. The zero-order valence-corrected chi connectivity index (χ0v) is 17.8. The molecule has 0 radical (unpaired) electrons. The summed E-state index contributed by atoms with van der Waals surface area (Å²) in [6.07, 6.45) is 2.61. The molecule has 34 heavy (non-hydrogen) atoms. The van der Waals surface area contributed by atoms with Gasteiger partial charge in [0.2, 0.25) is 0 Å². The maximum Gasteiger partial charge on any atom is 0.270 e. The molecule has 2 atom stereocenters. The summed E-state index contributed by atoms with van der Waals surface area (Å²) in [5.41, 5.74) is -0.136. The van der Waals surface area contributed by atoms with Crippen LogP contribution in [0.5, 0.6) is 0 Å². The first-order chi connectivity index (χ1) is 16.2. The van der Waals surface area contributed by atoms with Gasteiger partial charge in [0.15, 0.2) is 5.82 Å². The van der Waals surface area contributed by atoms with Crippen LogP contribution >= 0.6 is 0 Å². The average Bonchev–Trinajstić information content (AvgIpc) is 3.45. The van der Waals surface area contributed by atoms with Gasteiger partial charge < -0.3 is 21.1 Å². The molecule has 2 heterocycles. The van der Waals surface area contributed by atoms with Gasteiger partial charge in [0.1, 0.15) is 29.4 Å². The van der Waals surface area contributed by atoms with Gasteiger partial charge in [-0.3, -0.25) is 9.36 Å². The molecule has 2 aromatic heterocycles. The van der Waals surface area contributed by atoms with Crippen LogP contribution in [0.4, 0.5) is 29.1 Å². The number of anilines is 1. The van der Waals surface area contributed by atoms with Gasteiger partial charge in [-0.15, -0.1) is 0 Å². The number of nitrogens with zero attached hydrogens (tertiary/aromatic N) is 2. The molecule has 1 aliphatic rings. The normalized spacial score (nSPS) is 17.3. The third kappa shape index (κ3) is 4.70. The first kappa shape index (κ1) is 23.6. The second-order valence-corrected chi connectivity index (χ2v) is 8.03. The van der Waals surface area contributed by atoms with E-state index in [0.717, 1.165) is 17.0 Å². The summed E-state index contributed by atoms with van der Waals surface area (Å²) in [6.45, 7) is -0.387. The molecule has 0 bridgehead atoms. The number of benzene rings is 1. The van der Waals surface area contributed by atoms with Crippen LogP contribution < -0.4 is 16.2 Å². The van der Waals surface area contributed by atoms with Crippen molar-refractivity contribution in [3.8, 4) is 5.69 Å². The van der Waals surface area contributed by atoms with Crippen LogP contribution in [0.1, 0.15) is 17.5 Å². The molecular formula is C23H22F4N5O2+. The molecule has 0 aliphatic heterocycles. The third-order valence-electron chi connectivity index (χ3n) is 5.79. The van der Waals surface area contributed by atoms with Crippen LogP contribution in [0.15, 0.2) is 53.6 Å². The second-order valence-electron chi connectivity index (χ2n) is 8.03. The van der Waals surface area contributed by atoms with Gasteiger partial charge in [-0.25, -0.2) is 22.5 Å². The van der Waals surface area contributed by atoms with Gasteiger partial charge in [-0.2, -0.15) is 0 Å². The smallest absolute Gasteiger partial charge is 0.270 e. The minimum atomic E-state index is -2.88. The minimum absolute atomic E-state index is 0.0108. The maximum atomic E-state index is 14.6. The molecule has 11 heteroatoms. The van der Waals surface area contributed by atoms with Crippen molar-refractivity contribution in [3.05, 3.63) is 81.9 Å². The van der Waals surface area contributed by atoms with Crippen molar-refractivity contribution < 1.29 is 28.0 Å². The number of hydrogen-bond donors (Lipinski definition) is 4. The van der Waals surface area contributed by atoms with Gasteiger partial charge in [0.25, 0.3) is 11.5 Å². The zero-order chi connectivity index (χ0) is 24.5. The molecule has 5 N–H and O–H groups in total. The van der Waals surface area contributed by atoms with Crippen LogP contribution in [0.25, 0.3) is 5.69 Å². The second kappa shape index (κ2) is 9.35. The summed E-state index contributed by atoms with van der Waals surface area (Å²) in [4.78, 5) is 16.8. The van der Waals surface area contributed by atoms with Crippen molar-refractivity contribution in [3.63, 3.8) is 0 Å². The summed E-state index contributed by atoms with van der Waals surface area (Å²) in [5, 5.41) is 21.4. The highest BCUT2D eigenvalue weighted by Gasteiger charge is 2.60. The zero-order valence-electron chi connectivity index (χ0n) is 17.8. The van der Waals surface area contributed by atoms with Crippen LogP contribution in [0, 0.1) is 23.0 Å². The van der Waals surface area contributed by atoms with E-state index >= 15 is 0 Å². The van der Waals surface area contributed by atoms with E-state index in [1.807, 2.05) is 0 Å². The summed E-state index contributed by atoms with van der Waals surface area (Å²) >= 11 is 0. The fraction of sp³-hybridized carbons (Fsp3) is 0.261. The molecule has 3 aromatic rings. The van der Waals surface area contributed by atoms with Crippen molar-refractivity contribution in [2.75, 3.05) is 11.9 Å². The fourth-order valence-electron chi connectivity index (χ4n) is 3.79. The van der Waals surface area contributed by atoms with Crippen LogP contribution in [0.3, 0.4) is 0 Å². The summed E-state index contributed by atoms with van der Waals surface area (Å²) in [7, 11) is 0. The molecule has 0 amide bonds. The lowest BCUT2D eigenvalue weighted by atomic mass is 10.2. The van der Waals surface area contributed by atoms with E-state index in [2.05, 4.69) is 10.3 Å². The van der Waals surface area contributed by atoms with Gasteiger partial charge >= 0.3 is 0 Å². The van der Waals surface area contributed by atoms with E-state index in [4.69, 9.17) is 5.41 Å². The lowest BCUT2D eigenvalue weighted by molar-refractivity contribution is -0.589. The molecule has 0 saturated heterocycles. The predicted molar refractivity (Wildman–Crippen MR) is 117 cm³/mol. The highest BCUT2D eigenvalue weighted by molar-refractivity contribution is 5.82. The van der Waals surface area contributed by atoms with Crippen LogP contribution in [0.2, 0.25) is 0 Å². The number of hydrogen-bond acceptors (Lipinski definition) is 5. The fourth-order valence-corrected chi connectivity index (χ4v) is 3.79. The molecule has 1 saturated carbocycles. The van der Waals surface area contributed by atoms with Gasteiger partial charge in [0.05, 0.1) is 30.5 Å². The number of halogens is 4. The number of quaternary nitrogens is 1. The number of aromatic nitrogens is 2. The van der Waals surface area contributed by atoms with Gasteiger partial charge in [-0.1, -0.05) is 18.2 Å². The Morgan fingerprint density at radius 1 is 1.29 bits per heavy atom. The largest absolute Gasteiger partial charge is 0.394 e. The Hall–Kier alpha value is -3.57. The lowest BCUT2D eigenvalue weighted by Gasteiger charge is -2.17. The Labute approximate surface area is 191 Å². The quantitative estimate of drug-likeness (QED) is 0.281. The number of alkyl halides is 2. The number of nitrogens with one attached hydrogen (secondary N) is 2. The Balaban J connectivity index is 1.61. The molecule has 1 aliphatic carbocycles. The van der Waals surface area contributed by atoms with Crippen molar-refractivity contribution >= 4 is 17.7 Å². The Morgan fingerprint density at radius 3 is 2.68 bits per heavy atom. The molecular weight excluding hydrogens is 454 g/mol. The highest BCUT2D eigenvalue weighted by atomic mass is 19.3. The van der Waals surface area contributed by atoms with Crippen LogP contribution in [-0.4, -0.2) is 39.4 Å². The number of pyridine rings is 2. The summed E-state index contributed by atoms with van der Waals surface area (Å²) in [6, 6.07) is 7.87. The number of aliphatic hydroxyl groups excluding tert-OH is 1. The first-order valence-electron chi connectivity index (χ1n) is 10.5. The standard InChI is InChI=1S/C23H21F4N5O2/c24-16-4-2-1-3-13(16)10-29-18-5-6-32(22(34)14(18)9-28)20-7-21(30-11-17(20)25)31-19(12-33)15-8-23(15,26)27/h1-7,9,11,15,19,28-29,33H,8,10,12H2,(H,30,31)/p+1. The van der Waals surface area contributed by atoms with Crippen molar-refractivity contribution in [2.45, 2.75) is 24.9 Å². The lowest BCUT2D eigenvalue weighted by Crippen LogP contribution is -2.77. The number of aliphatic hydroxyl groups is 1. The Morgan fingerprint density at radius 2 is 2.03 bits per heavy atom.